The van der Waals surface area contributed by atoms with Gasteiger partial charge in [-0.15, -0.1) is 0 Å². The van der Waals surface area contributed by atoms with Crippen molar-refractivity contribution in [1.82, 2.24) is 10.3 Å². The van der Waals surface area contributed by atoms with Crippen LogP contribution in [0.4, 0.5) is 18.9 Å². The molecule has 0 fully saturated rings. The number of nitrogens with one attached hydrogen (secondary N) is 1. The summed E-state index contributed by atoms with van der Waals surface area (Å²) in [5.74, 6) is -0.523. The van der Waals surface area contributed by atoms with Crippen molar-refractivity contribution in [2.24, 2.45) is 0 Å². The standard InChI is InChI=1S/C21H18F3N3O5/c22-21(23,24)13-32-15-7-8-17(27(29)30)16(12-15)20(28)26-10-3-11-31-18-6-1-4-14-5-2-9-25-19(14)18/h1-2,4-9,12H,3,10-11,13H2,(H,26,28). The molecule has 0 saturated heterocycles. The Bertz CT molecular complexity index is 1120. The quantitative estimate of drug-likeness (QED) is 0.297. The van der Waals surface area contributed by atoms with Crippen molar-refractivity contribution in [2.45, 2.75) is 12.6 Å². The number of benzene rings is 2. The summed E-state index contributed by atoms with van der Waals surface area (Å²) in [7, 11) is 0. The lowest BCUT2D eigenvalue weighted by Crippen LogP contribution is -2.26. The van der Waals surface area contributed by atoms with Crippen molar-refractivity contribution < 1.29 is 32.4 Å². The van der Waals surface area contributed by atoms with Gasteiger partial charge in [0.2, 0.25) is 0 Å². The number of amides is 1. The zero-order chi connectivity index (χ0) is 23.1. The summed E-state index contributed by atoms with van der Waals surface area (Å²) in [6.45, 7) is -1.21. The SMILES string of the molecule is O=C(NCCCOc1cccc2cccnc12)c1cc(OCC(F)(F)F)ccc1[N+](=O)[O-]. The highest BCUT2D eigenvalue weighted by Crippen LogP contribution is 2.26. The number of halogens is 3. The third-order valence-electron chi connectivity index (χ3n) is 4.27. The number of ether oxygens (including phenoxy) is 2. The van der Waals surface area contributed by atoms with Gasteiger partial charge in [0.25, 0.3) is 11.6 Å². The number of fused-ring (bicyclic) bond motifs is 1. The summed E-state index contributed by atoms with van der Waals surface area (Å²) < 4.78 is 47.3. The molecule has 1 heterocycles. The average Bonchev–Trinajstić information content (AvgIpc) is 2.76. The highest BCUT2D eigenvalue weighted by atomic mass is 19.4. The van der Waals surface area contributed by atoms with Crippen LogP contribution in [0, 0.1) is 10.1 Å². The first kappa shape index (κ1) is 22.8. The number of aromatic nitrogens is 1. The van der Waals surface area contributed by atoms with Crippen LogP contribution >= 0.6 is 0 Å². The molecule has 0 aliphatic heterocycles. The molecule has 0 unspecified atom stereocenters. The van der Waals surface area contributed by atoms with Crippen molar-refractivity contribution in [3.8, 4) is 11.5 Å². The fourth-order valence-corrected chi connectivity index (χ4v) is 2.86. The van der Waals surface area contributed by atoms with Crippen LogP contribution in [-0.4, -0.2) is 41.7 Å². The van der Waals surface area contributed by atoms with Crippen LogP contribution in [0.3, 0.4) is 0 Å². The van der Waals surface area contributed by atoms with Crippen LogP contribution in [0.1, 0.15) is 16.8 Å². The van der Waals surface area contributed by atoms with Crippen LogP contribution in [0.15, 0.2) is 54.7 Å². The minimum absolute atomic E-state index is 0.127. The van der Waals surface area contributed by atoms with Crippen LogP contribution < -0.4 is 14.8 Å². The Kier molecular flexibility index (Phi) is 7.08. The van der Waals surface area contributed by atoms with Gasteiger partial charge in [0.1, 0.15) is 22.6 Å². The normalized spacial score (nSPS) is 11.2. The van der Waals surface area contributed by atoms with Crippen molar-refractivity contribution in [3.05, 3.63) is 70.4 Å². The molecule has 11 heteroatoms. The van der Waals surface area contributed by atoms with Gasteiger partial charge in [-0.25, -0.2) is 0 Å². The molecule has 0 aliphatic rings. The summed E-state index contributed by atoms with van der Waals surface area (Å²) in [5, 5.41) is 14.6. The maximum Gasteiger partial charge on any atom is 0.422 e. The van der Waals surface area contributed by atoms with Crippen LogP contribution in [-0.2, 0) is 0 Å². The molecule has 3 aromatic rings. The number of nitro benzene ring substituents is 1. The van der Waals surface area contributed by atoms with Crippen molar-refractivity contribution in [2.75, 3.05) is 19.8 Å². The molecule has 2 aromatic carbocycles. The van der Waals surface area contributed by atoms with E-state index in [4.69, 9.17) is 4.74 Å². The Morgan fingerprint density at radius 2 is 1.91 bits per heavy atom. The van der Waals surface area contributed by atoms with Crippen molar-refractivity contribution in [3.63, 3.8) is 0 Å². The molecule has 1 aromatic heterocycles. The first-order valence-corrected chi connectivity index (χ1v) is 9.47. The molecular weight excluding hydrogens is 431 g/mol. The molecule has 32 heavy (non-hydrogen) atoms. The summed E-state index contributed by atoms with van der Waals surface area (Å²) in [6, 6.07) is 12.0. The molecular formula is C21H18F3N3O5. The van der Waals surface area contributed by atoms with E-state index in [0.717, 1.165) is 23.6 Å². The van der Waals surface area contributed by atoms with E-state index >= 15 is 0 Å². The van der Waals surface area contributed by atoms with Gasteiger partial charge in [-0.05, 0) is 30.7 Å². The van der Waals surface area contributed by atoms with E-state index in [1.165, 1.54) is 0 Å². The molecule has 8 nitrogen and oxygen atoms in total. The number of hydrogen-bond acceptors (Lipinski definition) is 6. The zero-order valence-electron chi connectivity index (χ0n) is 16.6. The smallest absolute Gasteiger partial charge is 0.422 e. The third-order valence-corrected chi connectivity index (χ3v) is 4.27. The Hall–Kier alpha value is -3.89. The van der Waals surface area contributed by atoms with E-state index in [0.29, 0.717) is 17.7 Å². The molecule has 0 spiro atoms. The molecule has 0 atom stereocenters. The maximum atomic E-state index is 12.4. The van der Waals surface area contributed by atoms with E-state index < -0.39 is 34.9 Å². The van der Waals surface area contributed by atoms with E-state index in [-0.39, 0.29) is 18.9 Å². The van der Waals surface area contributed by atoms with E-state index in [2.05, 4.69) is 15.0 Å². The first-order valence-electron chi connectivity index (χ1n) is 9.47. The van der Waals surface area contributed by atoms with Gasteiger partial charge in [0, 0.05) is 24.2 Å². The largest absolute Gasteiger partial charge is 0.491 e. The molecule has 168 valence electrons. The predicted molar refractivity (Wildman–Crippen MR) is 109 cm³/mol. The topological polar surface area (TPSA) is 104 Å². The first-order chi connectivity index (χ1) is 15.2. The molecule has 1 N–H and O–H groups in total. The fourth-order valence-electron chi connectivity index (χ4n) is 2.86. The number of carbonyl (C=O) groups is 1. The average molecular weight is 449 g/mol. The second-order valence-corrected chi connectivity index (χ2v) is 6.63. The monoisotopic (exact) mass is 449 g/mol. The Morgan fingerprint density at radius 3 is 2.66 bits per heavy atom. The van der Waals surface area contributed by atoms with E-state index in [1.54, 1.807) is 12.3 Å². The molecule has 0 saturated carbocycles. The number of carbonyl (C=O) groups excluding carboxylic acids is 1. The second kappa shape index (κ2) is 9.94. The van der Waals surface area contributed by atoms with Crippen LogP contribution in [0.2, 0.25) is 0 Å². The van der Waals surface area contributed by atoms with Crippen LogP contribution in [0.5, 0.6) is 11.5 Å². The van der Waals surface area contributed by atoms with Gasteiger partial charge >= 0.3 is 6.18 Å². The number of alkyl halides is 3. The number of pyridine rings is 1. The fraction of sp³-hybridized carbons (Fsp3) is 0.238. The molecule has 1 amide bonds. The zero-order valence-corrected chi connectivity index (χ0v) is 16.6. The van der Waals surface area contributed by atoms with Gasteiger partial charge in [0.05, 0.1) is 11.5 Å². The van der Waals surface area contributed by atoms with Crippen molar-refractivity contribution >= 4 is 22.5 Å². The van der Waals surface area contributed by atoms with Crippen molar-refractivity contribution in [1.29, 1.82) is 0 Å². The summed E-state index contributed by atoms with van der Waals surface area (Å²) in [5.41, 5.74) is -0.237. The molecule has 0 aliphatic carbocycles. The number of para-hydroxylation sites is 1. The highest BCUT2D eigenvalue weighted by molar-refractivity contribution is 5.98. The lowest BCUT2D eigenvalue weighted by Gasteiger charge is -2.11. The highest BCUT2D eigenvalue weighted by Gasteiger charge is 2.29. The minimum Gasteiger partial charge on any atom is -0.491 e. The summed E-state index contributed by atoms with van der Waals surface area (Å²) >= 11 is 0. The predicted octanol–water partition coefficient (Wildman–Crippen LogP) is 4.28. The van der Waals surface area contributed by atoms with Crippen LogP contribution in [0.25, 0.3) is 10.9 Å². The maximum absolute atomic E-state index is 12.4. The van der Waals surface area contributed by atoms with Gasteiger partial charge in [-0.2, -0.15) is 13.2 Å². The summed E-state index contributed by atoms with van der Waals surface area (Å²) in [4.78, 5) is 27.0. The molecule has 3 rings (SSSR count). The molecule has 0 bridgehead atoms. The Labute approximate surface area is 180 Å². The van der Waals surface area contributed by atoms with Gasteiger partial charge in [-0.1, -0.05) is 18.2 Å². The van der Waals surface area contributed by atoms with Gasteiger partial charge in [0.15, 0.2) is 6.61 Å². The van der Waals surface area contributed by atoms with Gasteiger partial charge < -0.3 is 14.8 Å². The number of nitro groups is 1. The number of nitrogens with zero attached hydrogens (tertiary/aromatic N) is 2. The van der Waals surface area contributed by atoms with E-state index in [9.17, 15) is 28.1 Å². The van der Waals surface area contributed by atoms with Gasteiger partial charge in [-0.3, -0.25) is 19.9 Å². The lowest BCUT2D eigenvalue weighted by molar-refractivity contribution is -0.385. The van der Waals surface area contributed by atoms with E-state index in [1.807, 2.05) is 24.3 Å². The third kappa shape index (κ3) is 6.06. The Morgan fingerprint density at radius 1 is 1.12 bits per heavy atom. The summed E-state index contributed by atoms with van der Waals surface area (Å²) in [6.07, 6.45) is -2.55. The molecule has 0 radical (unpaired) electrons. The second-order valence-electron chi connectivity index (χ2n) is 6.63. The minimum atomic E-state index is -4.58. The number of hydrogen-bond donors (Lipinski definition) is 1. The number of rotatable bonds is 9. The lowest BCUT2D eigenvalue weighted by atomic mass is 10.1. The Balaban J connectivity index is 1.57.